The van der Waals surface area contributed by atoms with Gasteiger partial charge in [-0.3, -0.25) is 0 Å². The average molecular weight is 273 g/mol. The Balaban J connectivity index is 2.08. The van der Waals surface area contributed by atoms with E-state index in [2.05, 4.69) is 50.4 Å². The normalized spacial score (nSPS) is 17.9. The molecule has 112 valence electrons. The maximum Gasteiger partial charge on any atom is 0.00684 e. The Morgan fingerprint density at radius 1 is 1.20 bits per heavy atom. The Bertz CT molecular complexity index is 408. The van der Waals surface area contributed by atoms with E-state index in [4.69, 9.17) is 0 Å². The second-order valence-electron chi connectivity index (χ2n) is 6.72. The van der Waals surface area contributed by atoms with Crippen molar-refractivity contribution in [3.05, 3.63) is 35.4 Å². The highest BCUT2D eigenvalue weighted by molar-refractivity contribution is 5.26. The second kappa shape index (κ2) is 7.26. The van der Waals surface area contributed by atoms with Gasteiger partial charge in [-0.2, -0.15) is 0 Å². The lowest BCUT2D eigenvalue weighted by molar-refractivity contribution is 0.228. The Kier molecular flexibility index (Phi) is 5.65. The van der Waals surface area contributed by atoms with E-state index in [9.17, 15) is 0 Å². The van der Waals surface area contributed by atoms with Crippen LogP contribution < -0.4 is 5.32 Å². The van der Waals surface area contributed by atoms with E-state index in [1.54, 1.807) is 5.56 Å². The van der Waals surface area contributed by atoms with Crippen LogP contribution in [0, 0.1) is 12.3 Å². The SMILES string of the molecule is CCCCC(CC)(CNC1CC1)Cc1ccccc1C. The van der Waals surface area contributed by atoms with Gasteiger partial charge in [-0.15, -0.1) is 0 Å². The fraction of sp³-hybridized carbons (Fsp3) is 0.684. The first kappa shape index (κ1) is 15.6. The van der Waals surface area contributed by atoms with Crippen molar-refractivity contribution in [2.24, 2.45) is 5.41 Å². The first-order valence-electron chi connectivity index (χ1n) is 8.47. The Morgan fingerprint density at radius 3 is 2.55 bits per heavy atom. The molecule has 1 saturated carbocycles. The van der Waals surface area contributed by atoms with Crippen LogP contribution in [-0.2, 0) is 6.42 Å². The molecule has 1 aromatic rings. The molecular weight excluding hydrogens is 242 g/mol. The Labute approximate surface area is 125 Å². The summed E-state index contributed by atoms with van der Waals surface area (Å²) in [5, 5.41) is 3.80. The molecule has 0 saturated heterocycles. The smallest absolute Gasteiger partial charge is 0.00684 e. The van der Waals surface area contributed by atoms with Crippen molar-refractivity contribution >= 4 is 0 Å². The molecule has 1 unspecified atom stereocenters. The highest BCUT2D eigenvalue weighted by atomic mass is 15.0. The summed E-state index contributed by atoms with van der Waals surface area (Å²) >= 11 is 0. The maximum atomic E-state index is 3.80. The lowest BCUT2D eigenvalue weighted by Gasteiger charge is -2.34. The van der Waals surface area contributed by atoms with E-state index in [0.717, 1.165) is 6.04 Å². The van der Waals surface area contributed by atoms with Gasteiger partial charge in [-0.05, 0) is 55.6 Å². The third-order valence-electron chi connectivity index (χ3n) is 4.98. The number of unbranched alkanes of at least 4 members (excludes halogenated alkanes) is 1. The van der Waals surface area contributed by atoms with Crippen LogP contribution in [0.4, 0.5) is 0 Å². The molecule has 1 heteroatoms. The highest BCUT2D eigenvalue weighted by Gasteiger charge is 2.31. The van der Waals surface area contributed by atoms with Crippen LogP contribution in [0.15, 0.2) is 24.3 Å². The lowest BCUT2D eigenvalue weighted by Crippen LogP contribution is -2.37. The predicted molar refractivity (Wildman–Crippen MR) is 88.2 cm³/mol. The van der Waals surface area contributed by atoms with Crippen LogP contribution in [0.1, 0.15) is 63.5 Å². The molecule has 0 heterocycles. The van der Waals surface area contributed by atoms with Gasteiger partial charge in [0.1, 0.15) is 0 Å². The second-order valence-corrected chi connectivity index (χ2v) is 6.72. The molecule has 1 nitrogen and oxygen atoms in total. The van der Waals surface area contributed by atoms with Crippen LogP contribution in [-0.4, -0.2) is 12.6 Å². The van der Waals surface area contributed by atoms with E-state index < -0.39 is 0 Å². The number of aryl methyl sites for hydroxylation is 1. The summed E-state index contributed by atoms with van der Waals surface area (Å²) in [6, 6.07) is 9.74. The minimum Gasteiger partial charge on any atom is -0.313 e. The van der Waals surface area contributed by atoms with E-state index in [1.807, 2.05) is 0 Å². The topological polar surface area (TPSA) is 12.0 Å². The molecule has 0 radical (unpaired) electrons. The fourth-order valence-corrected chi connectivity index (χ4v) is 3.08. The van der Waals surface area contributed by atoms with E-state index in [-0.39, 0.29) is 0 Å². The van der Waals surface area contributed by atoms with Crippen molar-refractivity contribution in [1.29, 1.82) is 0 Å². The first-order valence-corrected chi connectivity index (χ1v) is 8.47. The molecule has 1 aliphatic rings. The van der Waals surface area contributed by atoms with E-state index in [0.29, 0.717) is 5.41 Å². The minimum absolute atomic E-state index is 0.449. The molecule has 0 amide bonds. The number of hydrogen-bond acceptors (Lipinski definition) is 1. The third-order valence-corrected chi connectivity index (χ3v) is 4.98. The van der Waals surface area contributed by atoms with Crippen molar-refractivity contribution in [3.63, 3.8) is 0 Å². The standard InChI is InChI=1S/C19H31N/c1-4-6-13-19(5-2,15-20-18-11-12-18)14-17-10-8-7-9-16(17)3/h7-10,18,20H,4-6,11-15H2,1-3H3. The molecular formula is C19H31N. The quantitative estimate of drug-likeness (QED) is 0.676. The summed E-state index contributed by atoms with van der Waals surface area (Å²) in [4.78, 5) is 0. The number of rotatable bonds is 9. The van der Waals surface area contributed by atoms with Gasteiger partial charge in [-0.1, -0.05) is 51.0 Å². The molecule has 0 aromatic heterocycles. The van der Waals surface area contributed by atoms with E-state index in [1.165, 1.54) is 57.1 Å². The van der Waals surface area contributed by atoms with Crippen LogP contribution in [0.2, 0.25) is 0 Å². The number of benzene rings is 1. The minimum atomic E-state index is 0.449. The average Bonchev–Trinajstić information content (AvgIpc) is 3.28. The summed E-state index contributed by atoms with van der Waals surface area (Å²) < 4.78 is 0. The molecule has 1 fully saturated rings. The Hall–Kier alpha value is -0.820. The zero-order chi connectivity index (χ0) is 14.4. The van der Waals surface area contributed by atoms with Crippen LogP contribution >= 0.6 is 0 Å². The van der Waals surface area contributed by atoms with Crippen molar-refractivity contribution in [1.82, 2.24) is 5.32 Å². The summed E-state index contributed by atoms with van der Waals surface area (Å²) in [6.07, 6.45) is 9.30. The van der Waals surface area contributed by atoms with E-state index >= 15 is 0 Å². The number of nitrogens with one attached hydrogen (secondary N) is 1. The molecule has 20 heavy (non-hydrogen) atoms. The van der Waals surface area contributed by atoms with Gasteiger partial charge in [0.2, 0.25) is 0 Å². The zero-order valence-corrected chi connectivity index (χ0v) is 13.5. The van der Waals surface area contributed by atoms with Crippen LogP contribution in [0.25, 0.3) is 0 Å². The predicted octanol–water partition coefficient (Wildman–Crippen LogP) is 4.88. The molecule has 1 aliphatic carbocycles. The van der Waals surface area contributed by atoms with Gasteiger partial charge in [-0.25, -0.2) is 0 Å². The van der Waals surface area contributed by atoms with Gasteiger partial charge in [0.25, 0.3) is 0 Å². The van der Waals surface area contributed by atoms with Crippen molar-refractivity contribution < 1.29 is 0 Å². The molecule has 0 bridgehead atoms. The maximum absolute atomic E-state index is 3.80. The first-order chi connectivity index (χ1) is 9.69. The van der Waals surface area contributed by atoms with Gasteiger partial charge in [0, 0.05) is 12.6 Å². The van der Waals surface area contributed by atoms with Crippen molar-refractivity contribution in [3.8, 4) is 0 Å². The van der Waals surface area contributed by atoms with Gasteiger partial charge in [0.15, 0.2) is 0 Å². The highest BCUT2D eigenvalue weighted by Crippen LogP contribution is 2.34. The lowest BCUT2D eigenvalue weighted by atomic mass is 9.74. The van der Waals surface area contributed by atoms with Gasteiger partial charge >= 0.3 is 0 Å². The molecule has 1 atom stereocenters. The molecule has 0 aliphatic heterocycles. The van der Waals surface area contributed by atoms with Crippen LogP contribution in [0.3, 0.4) is 0 Å². The summed E-state index contributed by atoms with van der Waals surface area (Å²) in [5.74, 6) is 0. The molecule has 0 spiro atoms. The molecule has 1 N–H and O–H groups in total. The summed E-state index contributed by atoms with van der Waals surface area (Å²) in [5.41, 5.74) is 3.45. The van der Waals surface area contributed by atoms with Crippen molar-refractivity contribution in [2.75, 3.05) is 6.54 Å². The third kappa shape index (κ3) is 4.34. The fourth-order valence-electron chi connectivity index (χ4n) is 3.08. The largest absolute Gasteiger partial charge is 0.313 e. The van der Waals surface area contributed by atoms with Crippen molar-refractivity contribution in [2.45, 2.75) is 71.8 Å². The van der Waals surface area contributed by atoms with Crippen LogP contribution in [0.5, 0.6) is 0 Å². The van der Waals surface area contributed by atoms with Gasteiger partial charge in [0.05, 0.1) is 0 Å². The summed E-state index contributed by atoms with van der Waals surface area (Å²) in [6.45, 7) is 8.14. The monoisotopic (exact) mass is 273 g/mol. The Morgan fingerprint density at radius 2 is 1.95 bits per heavy atom. The zero-order valence-electron chi connectivity index (χ0n) is 13.5. The summed E-state index contributed by atoms with van der Waals surface area (Å²) in [7, 11) is 0. The number of hydrogen-bond donors (Lipinski definition) is 1. The van der Waals surface area contributed by atoms with Gasteiger partial charge < -0.3 is 5.32 Å². The molecule has 2 rings (SSSR count). The molecule has 1 aromatic carbocycles.